The Kier molecular flexibility index (Phi) is 2.85. The van der Waals surface area contributed by atoms with Gasteiger partial charge in [0.2, 0.25) is 0 Å². The summed E-state index contributed by atoms with van der Waals surface area (Å²) in [5, 5.41) is 9.03. The first kappa shape index (κ1) is 12.0. The third kappa shape index (κ3) is 2.14. The highest BCUT2D eigenvalue weighted by Crippen LogP contribution is 2.28. The van der Waals surface area contributed by atoms with E-state index in [-0.39, 0.29) is 0 Å². The van der Waals surface area contributed by atoms with E-state index in [2.05, 4.69) is 16.5 Å². The zero-order chi connectivity index (χ0) is 13.4. The molecule has 0 bridgehead atoms. The van der Waals surface area contributed by atoms with Gasteiger partial charge in [-0.05, 0) is 31.9 Å². The van der Waals surface area contributed by atoms with Crippen LogP contribution >= 0.6 is 0 Å². The molecule has 98 valence electrons. The fourth-order valence-electron chi connectivity index (χ4n) is 2.64. The molecule has 2 aromatic rings. The minimum atomic E-state index is -0.904. The van der Waals surface area contributed by atoms with E-state index in [0.717, 1.165) is 23.5 Å². The van der Waals surface area contributed by atoms with Crippen LogP contribution in [0.1, 0.15) is 42.0 Å². The van der Waals surface area contributed by atoms with E-state index < -0.39 is 5.97 Å². The van der Waals surface area contributed by atoms with Crippen LogP contribution in [0.5, 0.6) is 0 Å². The molecule has 0 saturated carbocycles. The molecule has 4 heteroatoms. The van der Waals surface area contributed by atoms with Crippen LogP contribution in [0.15, 0.2) is 30.5 Å². The summed E-state index contributed by atoms with van der Waals surface area (Å²) in [6, 6.07) is 7.44. The Hall–Kier alpha value is -2.10. The van der Waals surface area contributed by atoms with Gasteiger partial charge in [0.1, 0.15) is 5.82 Å². The van der Waals surface area contributed by atoms with Gasteiger partial charge in [-0.1, -0.05) is 12.1 Å². The molecule has 1 aromatic carbocycles. The number of nitrogens with zero attached hydrogens (tertiary/aromatic N) is 2. The number of carbonyl (C=O) groups is 1. The van der Waals surface area contributed by atoms with Gasteiger partial charge in [0.05, 0.1) is 11.3 Å². The lowest BCUT2D eigenvalue weighted by Crippen LogP contribution is -2.14. The van der Waals surface area contributed by atoms with Crippen molar-refractivity contribution in [1.29, 1.82) is 0 Å². The molecule has 0 aliphatic carbocycles. The molecule has 1 atom stereocenters. The molecule has 0 fully saturated rings. The Morgan fingerprint density at radius 1 is 1.47 bits per heavy atom. The lowest BCUT2D eigenvalue weighted by atomic mass is 10.1. The Balaban J connectivity index is 2.03. The number of imidazole rings is 1. The van der Waals surface area contributed by atoms with Gasteiger partial charge in [-0.3, -0.25) is 0 Å². The summed E-state index contributed by atoms with van der Waals surface area (Å²) in [5.74, 6) is 0.202. The summed E-state index contributed by atoms with van der Waals surface area (Å²) < 4.78 is 2.21. The standard InChI is InChI=1S/C15H16N2O2/c1-10-4-2-7-14-16-13(9-17(10)14)11-5-3-6-12(8-11)15(18)19/h3,5-6,8-10H,2,4,7H2,1H3,(H,18,19). The van der Waals surface area contributed by atoms with Crippen molar-refractivity contribution in [3.63, 3.8) is 0 Å². The van der Waals surface area contributed by atoms with Crippen LogP contribution in [0.25, 0.3) is 11.3 Å². The summed E-state index contributed by atoms with van der Waals surface area (Å²) >= 11 is 0. The molecule has 1 aliphatic rings. The van der Waals surface area contributed by atoms with Crippen LogP contribution in [-0.2, 0) is 6.42 Å². The monoisotopic (exact) mass is 256 g/mol. The van der Waals surface area contributed by atoms with Crippen molar-refractivity contribution in [2.24, 2.45) is 0 Å². The number of carboxylic acid groups (broad SMARTS) is 1. The van der Waals surface area contributed by atoms with Gasteiger partial charge >= 0.3 is 5.97 Å². The second-order valence-corrected chi connectivity index (χ2v) is 5.08. The molecular formula is C15H16N2O2. The lowest BCUT2D eigenvalue weighted by molar-refractivity contribution is 0.0697. The summed E-state index contributed by atoms with van der Waals surface area (Å²) in [5.41, 5.74) is 2.04. The van der Waals surface area contributed by atoms with Gasteiger partial charge < -0.3 is 9.67 Å². The molecule has 0 radical (unpaired) electrons. The second kappa shape index (κ2) is 4.53. The highest BCUT2D eigenvalue weighted by Gasteiger charge is 2.18. The number of hydrogen-bond donors (Lipinski definition) is 1. The smallest absolute Gasteiger partial charge is 0.335 e. The van der Waals surface area contributed by atoms with E-state index in [1.165, 1.54) is 12.8 Å². The molecule has 2 heterocycles. The SMILES string of the molecule is CC1CCCc2nc(-c3cccc(C(=O)O)c3)cn21. The third-order valence-electron chi connectivity index (χ3n) is 3.71. The van der Waals surface area contributed by atoms with Crippen LogP contribution in [0.3, 0.4) is 0 Å². The molecular weight excluding hydrogens is 240 g/mol. The van der Waals surface area contributed by atoms with Gasteiger partial charge in [-0.15, -0.1) is 0 Å². The van der Waals surface area contributed by atoms with Crippen molar-refractivity contribution in [2.75, 3.05) is 0 Å². The van der Waals surface area contributed by atoms with Gasteiger partial charge in [0, 0.05) is 24.2 Å². The van der Waals surface area contributed by atoms with Crippen molar-refractivity contribution in [1.82, 2.24) is 9.55 Å². The molecule has 0 spiro atoms. The predicted octanol–water partition coefficient (Wildman–Crippen LogP) is 3.15. The van der Waals surface area contributed by atoms with Crippen LogP contribution in [-0.4, -0.2) is 20.6 Å². The normalized spacial score (nSPS) is 18.1. The van der Waals surface area contributed by atoms with Gasteiger partial charge in [-0.25, -0.2) is 9.78 Å². The molecule has 4 nitrogen and oxygen atoms in total. The summed E-state index contributed by atoms with van der Waals surface area (Å²) in [4.78, 5) is 15.6. The van der Waals surface area contributed by atoms with Gasteiger partial charge in [0.15, 0.2) is 0 Å². The van der Waals surface area contributed by atoms with E-state index in [0.29, 0.717) is 11.6 Å². The van der Waals surface area contributed by atoms with Crippen LogP contribution in [0.2, 0.25) is 0 Å². The number of fused-ring (bicyclic) bond motifs is 1. The second-order valence-electron chi connectivity index (χ2n) is 5.08. The Morgan fingerprint density at radius 2 is 2.32 bits per heavy atom. The molecule has 1 N–H and O–H groups in total. The average Bonchev–Trinajstić information content (AvgIpc) is 2.84. The maximum absolute atomic E-state index is 11.0. The minimum absolute atomic E-state index is 0.302. The van der Waals surface area contributed by atoms with E-state index in [1.807, 2.05) is 12.3 Å². The number of hydrogen-bond acceptors (Lipinski definition) is 2. The number of aromatic carboxylic acids is 1. The molecule has 19 heavy (non-hydrogen) atoms. The highest BCUT2D eigenvalue weighted by atomic mass is 16.4. The number of carboxylic acids is 1. The summed E-state index contributed by atoms with van der Waals surface area (Å²) in [6.45, 7) is 2.20. The Bertz CT molecular complexity index is 631. The number of aryl methyl sites for hydroxylation is 1. The van der Waals surface area contributed by atoms with Crippen LogP contribution in [0, 0.1) is 0 Å². The first-order valence-corrected chi connectivity index (χ1v) is 6.56. The van der Waals surface area contributed by atoms with Crippen LogP contribution in [0.4, 0.5) is 0 Å². The maximum atomic E-state index is 11.0. The Morgan fingerprint density at radius 3 is 3.05 bits per heavy atom. The predicted molar refractivity (Wildman–Crippen MR) is 72.3 cm³/mol. The van der Waals surface area contributed by atoms with Crippen molar-refractivity contribution in [3.05, 3.63) is 41.9 Å². The van der Waals surface area contributed by atoms with E-state index >= 15 is 0 Å². The minimum Gasteiger partial charge on any atom is -0.478 e. The molecule has 1 aromatic heterocycles. The topological polar surface area (TPSA) is 55.1 Å². The first-order valence-electron chi connectivity index (χ1n) is 6.56. The Labute approximate surface area is 111 Å². The van der Waals surface area contributed by atoms with Crippen molar-refractivity contribution in [2.45, 2.75) is 32.2 Å². The fraction of sp³-hybridized carbons (Fsp3) is 0.333. The number of benzene rings is 1. The zero-order valence-electron chi connectivity index (χ0n) is 10.8. The van der Waals surface area contributed by atoms with E-state index in [4.69, 9.17) is 5.11 Å². The van der Waals surface area contributed by atoms with Gasteiger partial charge in [0.25, 0.3) is 0 Å². The van der Waals surface area contributed by atoms with E-state index in [1.54, 1.807) is 18.2 Å². The number of rotatable bonds is 2. The van der Waals surface area contributed by atoms with Gasteiger partial charge in [-0.2, -0.15) is 0 Å². The molecule has 3 rings (SSSR count). The maximum Gasteiger partial charge on any atom is 0.335 e. The van der Waals surface area contributed by atoms with Crippen molar-refractivity contribution < 1.29 is 9.90 Å². The quantitative estimate of drug-likeness (QED) is 0.898. The van der Waals surface area contributed by atoms with Crippen molar-refractivity contribution in [3.8, 4) is 11.3 Å². The average molecular weight is 256 g/mol. The third-order valence-corrected chi connectivity index (χ3v) is 3.71. The summed E-state index contributed by atoms with van der Waals surface area (Å²) in [6.07, 6.45) is 5.40. The lowest BCUT2D eigenvalue weighted by Gasteiger charge is -2.20. The fourth-order valence-corrected chi connectivity index (χ4v) is 2.64. The first-order chi connectivity index (χ1) is 9.15. The largest absolute Gasteiger partial charge is 0.478 e. The molecule has 0 saturated heterocycles. The summed E-state index contributed by atoms with van der Waals surface area (Å²) in [7, 11) is 0. The van der Waals surface area contributed by atoms with Crippen molar-refractivity contribution >= 4 is 5.97 Å². The molecule has 1 unspecified atom stereocenters. The zero-order valence-corrected chi connectivity index (χ0v) is 10.8. The highest BCUT2D eigenvalue weighted by molar-refractivity contribution is 5.89. The van der Waals surface area contributed by atoms with E-state index in [9.17, 15) is 4.79 Å². The van der Waals surface area contributed by atoms with Crippen LogP contribution < -0.4 is 0 Å². The molecule has 1 aliphatic heterocycles. The molecule has 0 amide bonds. The number of aromatic nitrogens is 2.